The summed E-state index contributed by atoms with van der Waals surface area (Å²) in [4.78, 5) is 9.97. The van der Waals surface area contributed by atoms with Crippen LogP contribution in [0.4, 0.5) is 5.69 Å². The second-order valence-electron chi connectivity index (χ2n) is 2.69. The number of rotatable bonds is 3. The minimum Gasteiger partial charge on any atom is -0.478 e. The summed E-state index contributed by atoms with van der Waals surface area (Å²) in [6.07, 6.45) is 0. The zero-order valence-electron chi connectivity index (χ0n) is 7.99. The number of benzene rings is 1. The van der Waals surface area contributed by atoms with E-state index in [0.717, 1.165) is 0 Å². The van der Waals surface area contributed by atoms with Crippen LogP contribution in [-0.2, 0) is 4.74 Å². The minimum atomic E-state index is -0.592. The SMILES string of the molecule is CCOC(=N)c1ccc(Cl)c([N+](=O)[O-])c1. The Morgan fingerprint density at radius 3 is 2.87 bits per heavy atom. The molecule has 0 unspecified atom stereocenters. The van der Waals surface area contributed by atoms with Gasteiger partial charge in [-0.05, 0) is 19.1 Å². The Morgan fingerprint density at radius 1 is 1.67 bits per heavy atom. The third kappa shape index (κ3) is 2.66. The summed E-state index contributed by atoms with van der Waals surface area (Å²) in [5, 5.41) is 18.1. The first-order valence-corrected chi connectivity index (χ1v) is 4.59. The average molecular weight is 229 g/mol. The van der Waals surface area contributed by atoms with Gasteiger partial charge in [0.25, 0.3) is 5.69 Å². The Bertz CT molecular complexity index is 406. The molecule has 1 rings (SSSR count). The third-order valence-corrected chi connectivity index (χ3v) is 2.01. The normalized spacial score (nSPS) is 9.73. The summed E-state index contributed by atoms with van der Waals surface area (Å²) in [6, 6.07) is 4.11. The first kappa shape index (κ1) is 11.5. The Balaban J connectivity index is 3.07. The second kappa shape index (κ2) is 4.75. The molecule has 15 heavy (non-hydrogen) atoms. The van der Waals surface area contributed by atoms with Gasteiger partial charge >= 0.3 is 0 Å². The lowest BCUT2D eigenvalue weighted by atomic mass is 10.2. The van der Waals surface area contributed by atoms with Crippen molar-refractivity contribution in [1.82, 2.24) is 0 Å². The second-order valence-corrected chi connectivity index (χ2v) is 3.09. The molecule has 0 heterocycles. The van der Waals surface area contributed by atoms with Crippen LogP contribution >= 0.6 is 11.6 Å². The molecule has 0 spiro atoms. The smallest absolute Gasteiger partial charge is 0.288 e. The van der Waals surface area contributed by atoms with E-state index in [4.69, 9.17) is 21.7 Å². The van der Waals surface area contributed by atoms with E-state index >= 15 is 0 Å². The van der Waals surface area contributed by atoms with Gasteiger partial charge in [0.05, 0.1) is 11.5 Å². The average Bonchev–Trinajstić information content (AvgIpc) is 2.18. The standard InChI is InChI=1S/C9H9ClN2O3/c1-2-15-9(11)6-3-4-7(10)8(5-6)12(13)14/h3-5,11H,2H2,1H3. The van der Waals surface area contributed by atoms with Gasteiger partial charge in [-0.1, -0.05) is 11.6 Å². The van der Waals surface area contributed by atoms with Crippen molar-refractivity contribution >= 4 is 23.2 Å². The highest BCUT2D eigenvalue weighted by Gasteiger charge is 2.14. The van der Waals surface area contributed by atoms with Gasteiger partial charge in [0.2, 0.25) is 5.90 Å². The molecule has 0 saturated heterocycles. The van der Waals surface area contributed by atoms with Gasteiger partial charge in [0.15, 0.2) is 0 Å². The van der Waals surface area contributed by atoms with E-state index in [9.17, 15) is 10.1 Å². The van der Waals surface area contributed by atoms with Crippen LogP contribution in [0.5, 0.6) is 0 Å². The molecular formula is C9H9ClN2O3. The van der Waals surface area contributed by atoms with Crippen LogP contribution in [0, 0.1) is 15.5 Å². The molecule has 0 bridgehead atoms. The van der Waals surface area contributed by atoms with E-state index in [0.29, 0.717) is 12.2 Å². The number of nitro benzene ring substituents is 1. The molecule has 5 nitrogen and oxygen atoms in total. The number of nitrogens with one attached hydrogen (secondary N) is 1. The molecular weight excluding hydrogens is 220 g/mol. The third-order valence-electron chi connectivity index (χ3n) is 1.69. The molecule has 0 amide bonds. The van der Waals surface area contributed by atoms with Crippen molar-refractivity contribution in [3.05, 3.63) is 38.9 Å². The van der Waals surface area contributed by atoms with Crippen molar-refractivity contribution < 1.29 is 9.66 Å². The maximum absolute atomic E-state index is 10.6. The Kier molecular flexibility index (Phi) is 3.62. The molecule has 6 heteroatoms. The van der Waals surface area contributed by atoms with Gasteiger partial charge in [-0.2, -0.15) is 0 Å². The van der Waals surface area contributed by atoms with Gasteiger partial charge < -0.3 is 4.74 Å². The molecule has 1 N–H and O–H groups in total. The highest BCUT2D eigenvalue weighted by Crippen LogP contribution is 2.25. The van der Waals surface area contributed by atoms with Gasteiger partial charge in [0.1, 0.15) is 5.02 Å². The van der Waals surface area contributed by atoms with E-state index < -0.39 is 4.92 Å². The number of nitro groups is 1. The Hall–Kier alpha value is -1.62. The largest absolute Gasteiger partial charge is 0.478 e. The highest BCUT2D eigenvalue weighted by molar-refractivity contribution is 6.32. The van der Waals surface area contributed by atoms with Crippen molar-refractivity contribution in [1.29, 1.82) is 5.41 Å². The summed E-state index contributed by atoms with van der Waals surface area (Å²) < 4.78 is 4.92. The minimum absolute atomic E-state index is 0.0491. The summed E-state index contributed by atoms with van der Waals surface area (Å²) in [5.74, 6) is -0.0998. The first-order chi connectivity index (χ1) is 7.06. The van der Waals surface area contributed by atoms with Crippen LogP contribution in [-0.4, -0.2) is 17.4 Å². The predicted octanol–water partition coefficient (Wildman–Crippen LogP) is 2.61. The molecule has 1 aromatic carbocycles. The van der Waals surface area contributed by atoms with Crippen molar-refractivity contribution in [3.63, 3.8) is 0 Å². The van der Waals surface area contributed by atoms with Gasteiger partial charge in [-0.15, -0.1) is 0 Å². The number of hydrogen-bond donors (Lipinski definition) is 1. The monoisotopic (exact) mass is 228 g/mol. The maximum atomic E-state index is 10.6. The van der Waals surface area contributed by atoms with Crippen LogP contribution in [0.1, 0.15) is 12.5 Å². The fourth-order valence-electron chi connectivity index (χ4n) is 1.02. The lowest BCUT2D eigenvalue weighted by Gasteiger charge is -2.04. The molecule has 0 atom stereocenters. The predicted molar refractivity (Wildman–Crippen MR) is 56.6 cm³/mol. The van der Waals surface area contributed by atoms with Crippen molar-refractivity contribution in [2.24, 2.45) is 0 Å². The Labute approximate surface area is 91.3 Å². The number of ether oxygens (including phenoxy) is 1. The van der Waals surface area contributed by atoms with Crippen LogP contribution < -0.4 is 0 Å². The van der Waals surface area contributed by atoms with E-state index in [2.05, 4.69) is 0 Å². The van der Waals surface area contributed by atoms with Crippen molar-refractivity contribution in [2.75, 3.05) is 6.61 Å². The summed E-state index contributed by atoms with van der Waals surface area (Å²) in [6.45, 7) is 2.08. The topological polar surface area (TPSA) is 76.2 Å². The van der Waals surface area contributed by atoms with E-state index in [1.165, 1.54) is 18.2 Å². The maximum Gasteiger partial charge on any atom is 0.288 e. The molecule has 1 aromatic rings. The summed E-state index contributed by atoms with van der Waals surface area (Å²) in [7, 11) is 0. The van der Waals surface area contributed by atoms with E-state index in [-0.39, 0.29) is 16.6 Å². The first-order valence-electron chi connectivity index (χ1n) is 4.22. The number of hydrogen-bond acceptors (Lipinski definition) is 4. The van der Waals surface area contributed by atoms with Crippen molar-refractivity contribution in [3.8, 4) is 0 Å². The van der Waals surface area contributed by atoms with Crippen LogP contribution in [0.25, 0.3) is 0 Å². The van der Waals surface area contributed by atoms with Crippen molar-refractivity contribution in [2.45, 2.75) is 6.92 Å². The zero-order chi connectivity index (χ0) is 11.4. The van der Waals surface area contributed by atoms with Gasteiger partial charge in [0, 0.05) is 11.6 Å². The summed E-state index contributed by atoms with van der Waals surface area (Å²) in [5.41, 5.74) is 0.117. The fourth-order valence-corrected chi connectivity index (χ4v) is 1.21. The molecule has 0 fully saturated rings. The van der Waals surface area contributed by atoms with Gasteiger partial charge in [-0.25, -0.2) is 0 Å². The van der Waals surface area contributed by atoms with Gasteiger partial charge in [-0.3, -0.25) is 15.5 Å². The highest BCUT2D eigenvalue weighted by atomic mass is 35.5. The fraction of sp³-hybridized carbons (Fsp3) is 0.222. The zero-order valence-corrected chi connectivity index (χ0v) is 8.75. The van der Waals surface area contributed by atoms with Crippen LogP contribution in [0.3, 0.4) is 0 Å². The molecule has 0 saturated carbocycles. The summed E-state index contributed by atoms with van der Waals surface area (Å²) >= 11 is 5.62. The lowest BCUT2D eigenvalue weighted by molar-refractivity contribution is -0.384. The van der Waals surface area contributed by atoms with E-state index in [1.807, 2.05) is 0 Å². The van der Waals surface area contributed by atoms with Crippen LogP contribution in [0.2, 0.25) is 5.02 Å². The molecule has 0 radical (unpaired) electrons. The molecule has 80 valence electrons. The number of halogens is 1. The number of nitrogens with zero attached hydrogens (tertiary/aromatic N) is 1. The molecule has 0 aliphatic rings. The molecule has 0 aliphatic heterocycles. The quantitative estimate of drug-likeness (QED) is 0.374. The Morgan fingerprint density at radius 2 is 2.33 bits per heavy atom. The molecule has 0 aromatic heterocycles. The molecule has 0 aliphatic carbocycles. The lowest BCUT2D eigenvalue weighted by Crippen LogP contribution is -2.05. The van der Waals surface area contributed by atoms with Crippen LogP contribution in [0.15, 0.2) is 18.2 Å². The van der Waals surface area contributed by atoms with E-state index in [1.54, 1.807) is 6.92 Å².